The summed E-state index contributed by atoms with van der Waals surface area (Å²) in [5.74, 6) is 1.75. The van der Waals surface area contributed by atoms with Crippen molar-refractivity contribution in [2.45, 2.75) is 45.6 Å². The van der Waals surface area contributed by atoms with E-state index in [1.54, 1.807) is 7.11 Å². The molecule has 0 aliphatic heterocycles. The van der Waals surface area contributed by atoms with Gasteiger partial charge < -0.3 is 14.8 Å². The van der Waals surface area contributed by atoms with Crippen LogP contribution in [0.15, 0.2) is 0 Å². The summed E-state index contributed by atoms with van der Waals surface area (Å²) in [7, 11) is 1.73. The Kier molecular flexibility index (Phi) is 7.82. The Morgan fingerprint density at radius 1 is 1.00 bits per heavy atom. The molecular weight excluding hydrogens is 214 g/mol. The minimum atomic E-state index is 0.705. The standard InChI is InChI=1S/C14H29NO2/c1-12-9-13(2)11-14(10-12)15-5-8-17-7-4-6-16-3/h12-15H,4-11H2,1-3H3. The lowest BCUT2D eigenvalue weighted by Crippen LogP contribution is -2.38. The van der Waals surface area contributed by atoms with Crippen molar-refractivity contribution in [2.24, 2.45) is 11.8 Å². The van der Waals surface area contributed by atoms with Gasteiger partial charge in [0.25, 0.3) is 0 Å². The topological polar surface area (TPSA) is 30.5 Å². The summed E-state index contributed by atoms with van der Waals surface area (Å²) in [5, 5.41) is 3.62. The molecule has 0 bridgehead atoms. The molecule has 17 heavy (non-hydrogen) atoms. The van der Waals surface area contributed by atoms with Gasteiger partial charge in [-0.2, -0.15) is 0 Å². The molecule has 0 saturated heterocycles. The third-order valence-corrected chi connectivity index (χ3v) is 3.50. The molecule has 1 rings (SSSR count). The zero-order valence-electron chi connectivity index (χ0n) is 11.7. The van der Waals surface area contributed by atoms with E-state index in [0.717, 1.165) is 44.6 Å². The first-order valence-electron chi connectivity index (χ1n) is 7.02. The lowest BCUT2D eigenvalue weighted by Gasteiger charge is -2.32. The summed E-state index contributed by atoms with van der Waals surface area (Å²) >= 11 is 0. The molecule has 1 fully saturated rings. The summed E-state index contributed by atoms with van der Waals surface area (Å²) in [6.45, 7) is 8.15. The van der Waals surface area contributed by atoms with Crippen LogP contribution in [0, 0.1) is 11.8 Å². The Labute approximate surface area is 106 Å². The van der Waals surface area contributed by atoms with E-state index >= 15 is 0 Å². The van der Waals surface area contributed by atoms with E-state index in [-0.39, 0.29) is 0 Å². The maximum Gasteiger partial charge on any atom is 0.0591 e. The van der Waals surface area contributed by atoms with E-state index in [1.807, 2.05) is 0 Å². The van der Waals surface area contributed by atoms with Crippen LogP contribution in [0.1, 0.15) is 39.5 Å². The van der Waals surface area contributed by atoms with Crippen LogP contribution in [0.5, 0.6) is 0 Å². The Hall–Kier alpha value is -0.120. The summed E-state index contributed by atoms with van der Waals surface area (Å²) < 4.78 is 10.5. The zero-order valence-corrected chi connectivity index (χ0v) is 11.7. The van der Waals surface area contributed by atoms with Crippen LogP contribution < -0.4 is 5.32 Å². The van der Waals surface area contributed by atoms with Gasteiger partial charge in [-0.15, -0.1) is 0 Å². The summed E-state index contributed by atoms with van der Waals surface area (Å²) in [4.78, 5) is 0. The van der Waals surface area contributed by atoms with Gasteiger partial charge in [0.05, 0.1) is 6.61 Å². The highest BCUT2D eigenvalue weighted by Crippen LogP contribution is 2.28. The van der Waals surface area contributed by atoms with Crippen molar-refractivity contribution in [1.82, 2.24) is 5.32 Å². The number of ether oxygens (including phenoxy) is 2. The van der Waals surface area contributed by atoms with Crippen LogP contribution in [0.2, 0.25) is 0 Å². The van der Waals surface area contributed by atoms with Crippen molar-refractivity contribution >= 4 is 0 Å². The smallest absolute Gasteiger partial charge is 0.0591 e. The quantitative estimate of drug-likeness (QED) is 0.664. The molecule has 1 aliphatic carbocycles. The molecule has 0 aromatic rings. The first kappa shape index (κ1) is 14.9. The van der Waals surface area contributed by atoms with Crippen molar-refractivity contribution < 1.29 is 9.47 Å². The Bertz CT molecular complexity index is 177. The van der Waals surface area contributed by atoms with Gasteiger partial charge in [-0.3, -0.25) is 0 Å². The fourth-order valence-corrected chi connectivity index (χ4v) is 2.86. The molecule has 0 radical (unpaired) electrons. The first-order chi connectivity index (χ1) is 8.22. The second-order valence-corrected chi connectivity index (χ2v) is 5.53. The predicted octanol–water partition coefficient (Wildman–Crippen LogP) is 2.45. The number of nitrogens with one attached hydrogen (secondary N) is 1. The van der Waals surface area contributed by atoms with Gasteiger partial charge in [0, 0.05) is 32.9 Å². The second kappa shape index (κ2) is 8.90. The minimum Gasteiger partial charge on any atom is -0.385 e. The number of hydrogen-bond acceptors (Lipinski definition) is 3. The highest BCUT2D eigenvalue weighted by Gasteiger charge is 2.22. The average Bonchev–Trinajstić information content (AvgIpc) is 2.26. The molecule has 0 amide bonds. The van der Waals surface area contributed by atoms with Gasteiger partial charge in [0.1, 0.15) is 0 Å². The van der Waals surface area contributed by atoms with Crippen LogP contribution in [-0.4, -0.2) is 39.5 Å². The summed E-state index contributed by atoms with van der Waals surface area (Å²) in [6.07, 6.45) is 5.04. The van der Waals surface area contributed by atoms with Crippen LogP contribution in [-0.2, 0) is 9.47 Å². The number of methoxy groups -OCH3 is 1. The molecule has 1 N–H and O–H groups in total. The Morgan fingerprint density at radius 3 is 2.35 bits per heavy atom. The van der Waals surface area contributed by atoms with Crippen LogP contribution >= 0.6 is 0 Å². The van der Waals surface area contributed by atoms with E-state index in [4.69, 9.17) is 9.47 Å². The third kappa shape index (κ3) is 7.02. The van der Waals surface area contributed by atoms with Gasteiger partial charge >= 0.3 is 0 Å². The average molecular weight is 243 g/mol. The molecule has 2 unspecified atom stereocenters. The molecule has 2 atom stereocenters. The SMILES string of the molecule is COCCCOCCNC1CC(C)CC(C)C1. The molecule has 0 aromatic carbocycles. The molecule has 1 aliphatic rings. The monoisotopic (exact) mass is 243 g/mol. The molecular formula is C14H29NO2. The van der Waals surface area contributed by atoms with E-state index in [9.17, 15) is 0 Å². The Morgan fingerprint density at radius 2 is 1.71 bits per heavy atom. The van der Waals surface area contributed by atoms with Crippen molar-refractivity contribution in [1.29, 1.82) is 0 Å². The number of hydrogen-bond donors (Lipinski definition) is 1. The normalized spacial score (nSPS) is 29.5. The van der Waals surface area contributed by atoms with E-state index < -0.39 is 0 Å². The van der Waals surface area contributed by atoms with Gasteiger partial charge in [0.15, 0.2) is 0 Å². The van der Waals surface area contributed by atoms with Gasteiger partial charge in [-0.1, -0.05) is 13.8 Å². The van der Waals surface area contributed by atoms with Gasteiger partial charge in [0.2, 0.25) is 0 Å². The van der Waals surface area contributed by atoms with E-state index in [0.29, 0.717) is 6.04 Å². The van der Waals surface area contributed by atoms with E-state index in [1.165, 1.54) is 19.3 Å². The van der Waals surface area contributed by atoms with Gasteiger partial charge in [-0.25, -0.2) is 0 Å². The van der Waals surface area contributed by atoms with Crippen molar-refractivity contribution in [3.05, 3.63) is 0 Å². The van der Waals surface area contributed by atoms with E-state index in [2.05, 4.69) is 19.2 Å². The molecule has 1 saturated carbocycles. The highest BCUT2D eigenvalue weighted by molar-refractivity contribution is 4.79. The largest absolute Gasteiger partial charge is 0.385 e. The fraction of sp³-hybridized carbons (Fsp3) is 1.00. The molecule has 3 nitrogen and oxygen atoms in total. The second-order valence-electron chi connectivity index (χ2n) is 5.53. The van der Waals surface area contributed by atoms with Crippen LogP contribution in [0.4, 0.5) is 0 Å². The fourth-order valence-electron chi connectivity index (χ4n) is 2.86. The first-order valence-corrected chi connectivity index (χ1v) is 7.02. The summed E-state index contributed by atoms with van der Waals surface area (Å²) in [5.41, 5.74) is 0. The molecule has 0 heterocycles. The highest BCUT2D eigenvalue weighted by atomic mass is 16.5. The van der Waals surface area contributed by atoms with Crippen molar-refractivity contribution in [3.8, 4) is 0 Å². The summed E-state index contributed by atoms with van der Waals surface area (Å²) in [6, 6.07) is 0.705. The molecule has 0 spiro atoms. The minimum absolute atomic E-state index is 0.705. The molecule has 0 aromatic heterocycles. The maximum atomic E-state index is 5.54. The maximum absolute atomic E-state index is 5.54. The third-order valence-electron chi connectivity index (χ3n) is 3.50. The lowest BCUT2D eigenvalue weighted by molar-refractivity contribution is 0.100. The van der Waals surface area contributed by atoms with Crippen LogP contribution in [0.25, 0.3) is 0 Å². The van der Waals surface area contributed by atoms with Crippen LogP contribution in [0.3, 0.4) is 0 Å². The molecule has 3 heteroatoms. The lowest BCUT2D eigenvalue weighted by atomic mass is 9.80. The van der Waals surface area contributed by atoms with Crippen molar-refractivity contribution in [2.75, 3.05) is 33.5 Å². The molecule has 102 valence electrons. The Balaban J connectivity index is 1.95. The predicted molar refractivity (Wildman–Crippen MR) is 71.3 cm³/mol. The number of rotatable bonds is 8. The van der Waals surface area contributed by atoms with Crippen molar-refractivity contribution in [3.63, 3.8) is 0 Å². The van der Waals surface area contributed by atoms with Gasteiger partial charge in [-0.05, 0) is 37.5 Å². The zero-order chi connectivity index (χ0) is 12.5.